The summed E-state index contributed by atoms with van der Waals surface area (Å²) in [6.07, 6.45) is 5.60. The summed E-state index contributed by atoms with van der Waals surface area (Å²) in [7, 11) is 0. The van der Waals surface area contributed by atoms with Crippen LogP contribution in [0.5, 0.6) is 5.75 Å². The monoisotopic (exact) mass is 487 g/mol. The first-order valence-corrected chi connectivity index (χ1v) is 14.2. The van der Waals surface area contributed by atoms with E-state index in [1.165, 1.54) is 44.6 Å². The first kappa shape index (κ1) is 23.2. The molecule has 1 saturated heterocycles. The highest BCUT2D eigenvalue weighted by Crippen LogP contribution is 2.64. The Balaban J connectivity index is 1.64. The van der Waals surface area contributed by atoms with Gasteiger partial charge in [0, 0.05) is 28.8 Å². The summed E-state index contributed by atoms with van der Waals surface area (Å²) in [5.41, 5.74) is 7.08. The quantitative estimate of drug-likeness (QED) is 0.377. The van der Waals surface area contributed by atoms with Gasteiger partial charge in [-0.3, -0.25) is 0 Å². The number of thioether (sulfide) groups is 1. The van der Waals surface area contributed by atoms with Crippen molar-refractivity contribution >= 4 is 28.2 Å². The van der Waals surface area contributed by atoms with Crippen LogP contribution in [-0.2, 0) is 10.2 Å². The molecule has 35 heavy (non-hydrogen) atoms. The summed E-state index contributed by atoms with van der Waals surface area (Å²) in [5.74, 6) is 0.411. The third-order valence-corrected chi connectivity index (χ3v) is 9.28. The molecule has 6 rings (SSSR count). The van der Waals surface area contributed by atoms with Crippen molar-refractivity contribution in [1.29, 1.82) is 0 Å². The number of ether oxygens (including phenoxy) is 1. The Bertz CT molecular complexity index is 1300. The van der Waals surface area contributed by atoms with Crippen LogP contribution in [0.15, 0.2) is 47.4 Å². The highest BCUT2D eigenvalue weighted by molar-refractivity contribution is 7.98. The summed E-state index contributed by atoms with van der Waals surface area (Å²) < 4.78 is 5.60. The minimum absolute atomic E-state index is 0.0642. The molecule has 1 aliphatic heterocycles. The lowest BCUT2D eigenvalue weighted by atomic mass is 9.52. The second-order valence-electron chi connectivity index (χ2n) is 12.5. The average molecular weight is 488 g/mol. The number of phenolic OH excluding ortho intramolecular Hbond substituents is 1. The number of benzene rings is 3. The van der Waals surface area contributed by atoms with Crippen molar-refractivity contribution in [3.8, 4) is 16.9 Å². The van der Waals surface area contributed by atoms with Crippen LogP contribution < -0.4 is 4.90 Å². The predicted octanol–water partition coefficient (Wildman–Crippen LogP) is 7.61. The lowest BCUT2D eigenvalue weighted by molar-refractivity contribution is 0.0645. The van der Waals surface area contributed by atoms with Crippen LogP contribution in [0.4, 0.5) is 5.69 Å². The van der Waals surface area contributed by atoms with Gasteiger partial charge in [0.15, 0.2) is 0 Å². The molecule has 1 heterocycles. The molecular formula is C31H37NO2S. The maximum absolute atomic E-state index is 11.5. The van der Waals surface area contributed by atoms with Crippen molar-refractivity contribution in [2.45, 2.75) is 57.3 Å². The van der Waals surface area contributed by atoms with E-state index in [1.54, 1.807) is 11.8 Å². The molecule has 1 spiro atoms. The predicted molar refractivity (Wildman–Crippen MR) is 148 cm³/mol. The molecule has 2 fully saturated rings. The molecule has 1 saturated carbocycles. The van der Waals surface area contributed by atoms with Crippen molar-refractivity contribution in [3.05, 3.63) is 53.6 Å². The number of morpholine rings is 1. The number of rotatable bonds is 2. The zero-order valence-electron chi connectivity index (χ0n) is 21.7. The molecule has 3 aliphatic rings. The Morgan fingerprint density at radius 1 is 0.857 bits per heavy atom. The Morgan fingerprint density at radius 3 is 2.23 bits per heavy atom. The first-order chi connectivity index (χ1) is 16.6. The molecule has 0 aromatic heterocycles. The van der Waals surface area contributed by atoms with Gasteiger partial charge in [-0.15, -0.1) is 11.8 Å². The van der Waals surface area contributed by atoms with Gasteiger partial charge in [0.1, 0.15) is 5.75 Å². The third kappa shape index (κ3) is 3.59. The summed E-state index contributed by atoms with van der Waals surface area (Å²) >= 11 is 1.80. The zero-order chi connectivity index (χ0) is 24.6. The lowest BCUT2D eigenvalue weighted by Crippen LogP contribution is -2.43. The van der Waals surface area contributed by atoms with Crippen LogP contribution in [0, 0.1) is 10.8 Å². The van der Waals surface area contributed by atoms with E-state index in [4.69, 9.17) is 4.74 Å². The highest BCUT2D eigenvalue weighted by atomic mass is 32.2. The van der Waals surface area contributed by atoms with Crippen molar-refractivity contribution in [2.24, 2.45) is 10.8 Å². The van der Waals surface area contributed by atoms with E-state index in [-0.39, 0.29) is 16.2 Å². The second-order valence-corrected chi connectivity index (χ2v) is 13.3. The normalized spacial score (nSPS) is 21.8. The Hall–Kier alpha value is -2.17. The molecule has 0 unspecified atom stereocenters. The van der Waals surface area contributed by atoms with Crippen LogP contribution in [0.2, 0.25) is 0 Å². The SMILES string of the molecule is CSc1cc2c3c(cc(O)c2cc1N1CCOCC1)C1(CC(C)(C)CC(C)(C)C1)c1ccccc1-3. The van der Waals surface area contributed by atoms with Crippen LogP contribution in [-0.4, -0.2) is 37.7 Å². The van der Waals surface area contributed by atoms with E-state index >= 15 is 0 Å². The number of nitrogens with zero attached hydrogens (tertiary/aromatic N) is 1. The Morgan fingerprint density at radius 2 is 1.54 bits per heavy atom. The fourth-order valence-corrected chi connectivity index (χ4v) is 8.70. The number of hydrogen-bond donors (Lipinski definition) is 1. The van der Waals surface area contributed by atoms with Crippen molar-refractivity contribution in [1.82, 2.24) is 0 Å². The van der Waals surface area contributed by atoms with Crippen LogP contribution >= 0.6 is 11.8 Å². The van der Waals surface area contributed by atoms with Crippen molar-refractivity contribution in [3.63, 3.8) is 0 Å². The van der Waals surface area contributed by atoms with E-state index in [0.717, 1.165) is 44.5 Å². The fourth-order valence-electron chi connectivity index (χ4n) is 8.06. The largest absolute Gasteiger partial charge is 0.507 e. The molecule has 3 aromatic rings. The average Bonchev–Trinajstić information content (AvgIpc) is 3.05. The molecule has 0 radical (unpaired) electrons. The van der Waals surface area contributed by atoms with Gasteiger partial charge in [-0.05, 0) is 82.2 Å². The number of phenols is 1. The number of hydrogen-bond acceptors (Lipinski definition) is 4. The standard InChI is InChI=1S/C31H37NO2S/c1-29(2)17-30(3,4)19-31(18-29)23-9-7-6-8-20(23)28-22-15-27(35-5)25(32-10-12-34-13-11-32)14-21(22)26(33)16-24(28)31/h6-9,14-16,33H,10-13,17-19H2,1-5H3. The van der Waals surface area contributed by atoms with Gasteiger partial charge in [0.05, 0.1) is 18.9 Å². The van der Waals surface area contributed by atoms with Gasteiger partial charge in [-0.2, -0.15) is 0 Å². The first-order valence-electron chi connectivity index (χ1n) is 13.0. The van der Waals surface area contributed by atoms with E-state index in [9.17, 15) is 5.11 Å². The van der Waals surface area contributed by atoms with Gasteiger partial charge >= 0.3 is 0 Å². The summed E-state index contributed by atoms with van der Waals surface area (Å²) in [4.78, 5) is 3.68. The number of fused-ring (bicyclic) bond motifs is 7. The van der Waals surface area contributed by atoms with Gasteiger partial charge in [0.2, 0.25) is 0 Å². The topological polar surface area (TPSA) is 32.7 Å². The Labute approximate surface area is 213 Å². The van der Waals surface area contributed by atoms with Gasteiger partial charge in [-0.1, -0.05) is 52.0 Å². The molecule has 4 heteroatoms. The van der Waals surface area contributed by atoms with Crippen molar-refractivity contribution < 1.29 is 9.84 Å². The fraction of sp³-hybridized carbons (Fsp3) is 0.484. The highest BCUT2D eigenvalue weighted by Gasteiger charge is 2.53. The number of aromatic hydroxyl groups is 1. The minimum Gasteiger partial charge on any atom is -0.507 e. The molecule has 1 N–H and O–H groups in total. The Kier molecular flexibility index (Phi) is 5.26. The summed E-state index contributed by atoms with van der Waals surface area (Å²) in [6, 6.07) is 15.7. The lowest BCUT2D eigenvalue weighted by Gasteiger charge is -2.51. The molecule has 0 amide bonds. The van der Waals surface area contributed by atoms with E-state index in [0.29, 0.717) is 5.75 Å². The second kappa shape index (κ2) is 7.91. The molecular weight excluding hydrogens is 450 g/mol. The summed E-state index contributed by atoms with van der Waals surface area (Å²) in [6.45, 7) is 13.0. The molecule has 2 aliphatic carbocycles. The van der Waals surface area contributed by atoms with Crippen LogP contribution in [0.3, 0.4) is 0 Å². The minimum atomic E-state index is -0.0642. The van der Waals surface area contributed by atoms with Gasteiger partial charge in [-0.25, -0.2) is 0 Å². The van der Waals surface area contributed by atoms with Crippen molar-refractivity contribution in [2.75, 3.05) is 37.5 Å². The summed E-state index contributed by atoms with van der Waals surface area (Å²) in [5, 5.41) is 13.7. The van der Waals surface area contributed by atoms with Gasteiger partial charge < -0.3 is 14.7 Å². The van der Waals surface area contributed by atoms with E-state index < -0.39 is 0 Å². The van der Waals surface area contributed by atoms with E-state index in [1.807, 2.05) is 0 Å². The van der Waals surface area contributed by atoms with Crippen LogP contribution in [0.1, 0.15) is 58.1 Å². The molecule has 0 bridgehead atoms. The third-order valence-electron chi connectivity index (χ3n) is 8.51. The molecule has 3 aromatic carbocycles. The molecule has 3 nitrogen and oxygen atoms in total. The molecule has 184 valence electrons. The molecule has 0 atom stereocenters. The van der Waals surface area contributed by atoms with E-state index in [2.05, 4.69) is 81.3 Å². The zero-order valence-corrected chi connectivity index (χ0v) is 22.5. The maximum Gasteiger partial charge on any atom is 0.123 e. The van der Waals surface area contributed by atoms with Gasteiger partial charge in [0.25, 0.3) is 0 Å². The number of anilines is 1. The smallest absolute Gasteiger partial charge is 0.123 e. The maximum atomic E-state index is 11.5. The van der Waals surface area contributed by atoms with Crippen LogP contribution in [0.25, 0.3) is 21.9 Å².